The minimum atomic E-state index is -0.0961. The first-order chi connectivity index (χ1) is 10.7. The lowest BCUT2D eigenvalue weighted by atomic mass is 10.2. The van der Waals surface area contributed by atoms with Crippen molar-refractivity contribution in [1.82, 2.24) is 19.5 Å². The molecule has 4 heterocycles. The van der Waals surface area contributed by atoms with Crippen LogP contribution in [0.4, 0.5) is 0 Å². The van der Waals surface area contributed by atoms with Crippen LogP contribution in [0.1, 0.15) is 34.5 Å². The van der Waals surface area contributed by atoms with Gasteiger partial charge in [-0.2, -0.15) is 9.61 Å². The Labute approximate surface area is 135 Å². The molecule has 0 saturated carbocycles. The summed E-state index contributed by atoms with van der Waals surface area (Å²) in [7, 11) is 0. The van der Waals surface area contributed by atoms with Crippen LogP contribution in [0.3, 0.4) is 0 Å². The molecule has 4 rings (SSSR count). The number of nitrogens with zero attached hydrogens (tertiary/aromatic N) is 4. The predicted octanol–water partition coefficient (Wildman–Crippen LogP) is 2.86. The van der Waals surface area contributed by atoms with E-state index in [-0.39, 0.29) is 5.56 Å². The highest BCUT2D eigenvalue weighted by atomic mass is 32.1. The van der Waals surface area contributed by atoms with E-state index in [0.29, 0.717) is 11.0 Å². The van der Waals surface area contributed by atoms with Crippen molar-refractivity contribution in [2.45, 2.75) is 32.4 Å². The van der Waals surface area contributed by atoms with E-state index in [1.165, 1.54) is 39.6 Å². The summed E-state index contributed by atoms with van der Waals surface area (Å²) in [5, 5.41) is 7.55. The molecule has 1 saturated heterocycles. The molecule has 1 aliphatic rings. The first-order valence-corrected chi connectivity index (χ1v) is 9.04. The Bertz CT molecular complexity index is 852. The van der Waals surface area contributed by atoms with Crippen molar-refractivity contribution in [3.05, 3.63) is 49.5 Å². The van der Waals surface area contributed by atoms with Crippen LogP contribution in [-0.2, 0) is 6.54 Å². The van der Waals surface area contributed by atoms with Crippen LogP contribution in [0.15, 0.2) is 28.4 Å². The van der Waals surface area contributed by atoms with Gasteiger partial charge in [-0.15, -0.1) is 11.3 Å². The summed E-state index contributed by atoms with van der Waals surface area (Å²) in [6.45, 7) is 3.71. The summed E-state index contributed by atoms with van der Waals surface area (Å²) in [6, 6.07) is 6.33. The van der Waals surface area contributed by atoms with E-state index in [0.717, 1.165) is 23.8 Å². The van der Waals surface area contributed by atoms with E-state index in [1.54, 1.807) is 0 Å². The molecule has 3 aromatic heterocycles. The van der Waals surface area contributed by atoms with Crippen molar-refractivity contribution >= 4 is 27.6 Å². The molecule has 0 amide bonds. The topological polar surface area (TPSA) is 50.5 Å². The Hall–Kier alpha value is -1.57. The number of aryl methyl sites for hydroxylation is 1. The first-order valence-electron chi connectivity index (χ1n) is 7.34. The third kappa shape index (κ3) is 2.49. The van der Waals surface area contributed by atoms with Crippen LogP contribution in [0.25, 0.3) is 4.96 Å². The van der Waals surface area contributed by atoms with Crippen molar-refractivity contribution < 1.29 is 0 Å². The zero-order valence-corrected chi connectivity index (χ0v) is 13.9. The number of rotatable bonds is 3. The van der Waals surface area contributed by atoms with Gasteiger partial charge < -0.3 is 0 Å². The van der Waals surface area contributed by atoms with Gasteiger partial charge in [0.05, 0.1) is 6.54 Å². The summed E-state index contributed by atoms with van der Waals surface area (Å²) in [4.78, 5) is 20.9. The molecule has 1 atom stereocenters. The van der Waals surface area contributed by atoms with E-state index in [9.17, 15) is 4.79 Å². The third-order valence-corrected chi connectivity index (χ3v) is 5.86. The van der Waals surface area contributed by atoms with E-state index in [4.69, 9.17) is 0 Å². The Balaban J connectivity index is 1.63. The van der Waals surface area contributed by atoms with Crippen molar-refractivity contribution in [1.29, 1.82) is 0 Å². The van der Waals surface area contributed by atoms with Gasteiger partial charge in [0, 0.05) is 22.7 Å². The molecule has 0 radical (unpaired) electrons. The smallest absolute Gasteiger partial charge is 0.275 e. The molecule has 0 bridgehead atoms. The molecule has 3 aromatic rings. The standard InChI is InChI=1S/C15H16N4OS2/c1-10-8-14(20)19-15(16-10)22-13(17-19)9-18-6-2-4-11(18)12-5-3-7-21-12/h3,5,7-8,11H,2,4,6,9H2,1H3/t11-/m0/s1. The number of hydrogen-bond acceptors (Lipinski definition) is 6. The van der Waals surface area contributed by atoms with Crippen LogP contribution < -0.4 is 5.56 Å². The molecule has 0 aromatic carbocycles. The van der Waals surface area contributed by atoms with Crippen LogP contribution in [-0.4, -0.2) is 26.0 Å². The SMILES string of the molecule is Cc1cc(=O)n2nc(CN3CCC[C@H]3c3cccs3)sc2n1. The molecule has 1 aliphatic heterocycles. The molecule has 22 heavy (non-hydrogen) atoms. The van der Waals surface area contributed by atoms with Gasteiger partial charge in [0.15, 0.2) is 0 Å². The molecule has 5 nitrogen and oxygen atoms in total. The largest absolute Gasteiger partial charge is 0.289 e. The second-order valence-corrected chi connectivity index (χ2v) is 7.59. The van der Waals surface area contributed by atoms with Crippen LogP contribution in [0.2, 0.25) is 0 Å². The molecule has 1 fully saturated rings. The van der Waals surface area contributed by atoms with E-state index in [1.807, 2.05) is 18.3 Å². The van der Waals surface area contributed by atoms with E-state index in [2.05, 4.69) is 32.5 Å². The molecule has 0 aliphatic carbocycles. The average molecular weight is 332 g/mol. The molecule has 0 N–H and O–H groups in total. The molecular weight excluding hydrogens is 316 g/mol. The monoisotopic (exact) mass is 332 g/mol. The van der Waals surface area contributed by atoms with E-state index >= 15 is 0 Å². The maximum Gasteiger partial charge on any atom is 0.275 e. The lowest BCUT2D eigenvalue weighted by Crippen LogP contribution is -2.22. The van der Waals surface area contributed by atoms with Gasteiger partial charge >= 0.3 is 0 Å². The number of aromatic nitrogens is 3. The highest BCUT2D eigenvalue weighted by Gasteiger charge is 2.27. The number of hydrogen-bond donors (Lipinski definition) is 0. The average Bonchev–Trinajstić information content (AvgIpc) is 3.17. The Morgan fingerprint density at radius 3 is 3.18 bits per heavy atom. The first kappa shape index (κ1) is 14.0. The Morgan fingerprint density at radius 2 is 2.36 bits per heavy atom. The molecule has 0 spiro atoms. The molecular formula is C15H16N4OS2. The van der Waals surface area contributed by atoms with Gasteiger partial charge in [-0.05, 0) is 37.8 Å². The van der Waals surface area contributed by atoms with Crippen molar-refractivity contribution in [3.8, 4) is 0 Å². The highest BCUT2D eigenvalue weighted by Crippen LogP contribution is 2.35. The summed E-state index contributed by atoms with van der Waals surface area (Å²) < 4.78 is 1.42. The fourth-order valence-electron chi connectivity index (χ4n) is 3.02. The minimum absolute atomic E-state index is 0.0961. The van der Waals surface area contributed by atoms with Crippen molar-refractivity contribution in [2.75, 3.05) is 6.54 Å². The van der Waals surface area contributed by atoms with Crippen molar-refractivity contribution in [3.63, 3.8) is 0 Å². The fourth-order valence-corrected chi connectivity index (χ4v) is 4.88. The van der Waals surface area contributed by atoms with Crippen LogP contribution >= 0.6 is 22.7 Å². The maximum atomic E-state index is 12.0. The number of likely N-dealkylation sites (tertiary alicyclic amines) is 1. The molecule has 114 valence electrons. The van der Waals surface area contributed by atoms with Gasteiger partial charge in [-0.1, -0.05) is 17.4 Å². The zero-order valence-electron chi connectivity index (χ0n) is 12.2. The lowest BCUT2D eigenvalue weighted by molar-refractivity contribution is 0.250. The van der Waals surface area contributed by atoms with Crippen LogP contribution in [0, 0.1) is 6.92 Å². The van der Waals surface area contributed by atoms with Gasteiger partial charge in [0.25, 0.3) is 5.56 Å². The molecule has 0 unspecified atom stereocenters. The zero-order chi connectivity index (χ0) is 15.1. The summed E-state index contributed by atoms with van der Waals surface area (Å²) in [5.74, 6) is 0. The minimum Gasteiger partial charge on any atom is -0.289 e. The predicted molar refractivity (Wildman–Crippen MR) is 88.6 cm³/mol. The summed E-state index contributed by atoms with van der Waals surface area (Å²) in [6.07, 6.45) is 2.41. The lowest BCUT2D eigenvalue weighted by Gasteiger charge is -2.21. The van der Waals surface area contributed by atoms with Gasteiger partial charge in [-0.3, -0.25) is 9.69 Å². The van der Waals surface area contributed by atoms with Gasteiger partial charge in [-0.25, -0.2) is 4.98 Å². The van der Waals surface area contributed by atoms with Gasteiger partial charge in [0.1, 0.15) is 5.01 Å². The Kier molecular flexibility index (Phi) is 3.56. The van der Waals surface area contributed by atoms with E-state index < -0.39 is 0 Å². The van der Waals surface area contributed by atoms with Crippen LogP contribution in [0.5, 0.6) is 0 Å². The fraction of sp³-hybridized carbons (Fsp3) is 0.400. The molecule has 7 heteroatoms. The maximum absolute atomic E-state index is 12.0. The third-order valence-electron chi connectivity index (χ3n) is 3.99. The second kappa shape index (κ2) is 5.57. The number of fused-ring (bicyclic) bond motifs is 1. The van der Waals surface area contributed by atoms with Crippen molar-refractivity contribution in [2.24, 2.45) is 0 Å². The summed E-state index contributed by atoms with van der Waals surface area (Å²) >= 11 is 3.33. The highest BCUT2D eigenvalue weighted by molar-refractivity contribution is 7.16. The second-order valence-electron chi connectivity index (χ2n) is 5.57. The number of thiophene rings is 1. The quantitative estimate of drug-likeness (QED) is 0.740. The van der Waals surface area contributed by atoms with Gasteiger partial charge in [0.2, 0.25) is 4.96 Å². The normalized spacial score (nSPS) is 19.2. The summed E-state index contributed by atoms with van der Waals surface area (Å²) in [5.41, 5.74) is 0.652. The Morgan fingerprint density at radius 1 is 1.45 bits per heavy atom.